The average molecular weight is 302 g/mol. The number of hydrogen-bond acceptors (Lipinski definition) is 2. The highest BCUT2D eigenvalue weighted by Gasteiger charge is 2.20. The second kappa shape index (κ2) is 5.83. The van der Waals surface area contributed by atoms with Crippen LogP contribution in [0, 0.1) is 11.7 Å². The molecule has 94 valence electrons. The fourth-order valence-electron chi connectivity index (χ4n) is 1.54. The van der Waals surface area contributed by atoms with Gasteiger partial charge in [0.05, 0.1) is 6.61 Å². The van der Waals surface area contributed by atoms with Crippen molar-refractivity contribution in [2.45, 2.75) is 25.8 Å². The molecule has 1 aliphatic rings. The molecule has 4 heteroatoms. The Morgan fingerprint density at radius 2 is 2.29 bits per heavy atom. The van der Waals surface area contributed by atoms with Crippen LogP contribution in [-0.4, -0.2) is 19.2 Å². The van der Waals surface area contributed by atoms with E-state index in [1.807, 2.05) is 0 Å². The van der Waals surface area contributed by atoms with E-state index in [-0.39, 0.29) is 5.82 Å². The Bertz CT molecular complexity index is 382. The van der Waals surface area contributed by atoms with E-state index in [1.165, 1.54) is 18.9 Å². The minimum Gasteiger partial charge on any atom is -0.490 e. The van der Waals surface area contributed by atoms with Crippen LogP contribution >= 0.6 is 15.9 Å². The van der Waals surface area contributed by atoms with E-state index in [0.29, 0.717) is 24.3 Å². The van der Waals surface area contributed by atoms with Crippen LogP contribution in [0.15, 0.2) is 22.7 Å². The molecule has 1 atom stereocenters. The molecule has 1 aromatic carbocycles. The van der Waals surface area contributed by atoms with Gasteiger partial charge in [0, 0.05) is 23.0 Å². The Morgan fingerprint density at radius 3 is 2.94 bits per heavy atom. The van der Waals surface area contributed by atoms with E-state index >= 15 is 0 Å². The zero-order valence-corrected chi connectivity index (χ0v) is 11.5. The van der Waals surface area contributed by atoms with E-state index in [1.54, 1.807) is 12.1 Å². The molecule has 0 saturated heterocycles. The first-order chi connectivity index (χ1) is 8.15. The molecule has 1 saturated carbocycles. The minimum absolute atomic E-state index is 0.318. The molecular weight excluding hydrogens is 285 g/mol. The van der Waals surface area contributed by atoms with Crippen molar-refractivity contribution in [2.24, 2.45) is 5.92 Å². The lowest BCUT2D eigenvalue weighted by Crippen LogP contribution is -2.26. The molecule has 0 aromatic heterocycles. The van der Waals surface area contributed by atoms with Gasteiger partial charge in [-0.05, 0) is 31.0 Å². The lowest BCUT2D eigenvalue weighted by molar-refractivity contribution is 0.245. The predicted octanol–water partition coefficient (Wildman–Crippen LogP) is 3.36. The monoisotopic (exact) mass is 301 g/mol. The zero-order valence-electron chi connectivity index (χ0n) is 9.88. The van der Waals surface area contributed by atoms with Gasteiger partial charge >= 0.3 is 0 Å². The standard InChI is InChI=1S/C13H17BrFNO/c1-9(7-16-11-3-4-11)8-17-13-5-2-10(14)6-12(13)15/h2,5-6,9,11,16H,3-4,7-8H2,1H3. The summed E-state index contributed by atoms with van der Waals surface area (Å²) >= 11 is 3.22. The number of benzene rings is 1. The van der Waals surface area contributed by atoms with Crippen molar-refractivity contribution in [1.29, 1.82) is 0 Å². The van der Waals surface area contributed by atoms with Gasteiger partial charge in [-0.3, -0.25) is 0 Å². The summed E-state index contributed by atoms with van der Waals surface area (Å²) in [5.41, 5.74) is 0. The molecule has 1 unspecified atom stereocenters. The summed E-state index contributed by atoms with van der Waals surface area (Å²) in [6, 6.07) is 5.57. The summed E-state index contributed by atoms with van der Waals surface area (Å²) in [6.45, 7) is 3.58. The first-order valence-electron chi connectivity index (χ1n) is 5.96. The van der Waals surface area contributed by atoms with E-state index in [9.17, 15) is 4.39 Å². The highest BCUT2D eigenvalue weighted by molar-refractivity contribution is 9.10. The molecule has 0 radical (unpaired) electrons. The minimum atomic E-state index is -0.318. The Balaban J connectivity index is 1.75. The van der Waals surface area contributed by atoms with Crippen LogP contribution in [0.5, 0.6) is 5.75 Å². The van der Waals surface area contributed by atoms with Gasteiger partial charge in [-0.15, -0.1) is 0 Å². The molecule has 1 aliphatic carbocycles. The molecule has 0 amide bonds. The van der Waals surface area contributed by atoms with Crippen LogP contribution in [-0.2, 0) is 0 Å². The van der Waals surface area contributed by atoms with Crippen LogP contribution in [0.4, 0.5) is 4.39 Å². The summed E-state index contributed by atoms with van der Waals surface area (Å²) in [5.74, 6) is 0.395. The number of rotatable bonds is 6. The first-order valence-corrected chi connectivity index (χ1v) is 6.75. The van der Waals surface area contributed by atoms with E-state index in [0.717, 1.165) is 11.0 Å². The van der Waals surface area contributed by atoms with Gasteiger partial charge in [-0.2, -0.15) is 0 Å². The van der Waals surface area contributed by atoms with Crippen LogP contribution in [0.3, 0.4) is 0 Å². The molecule has 0 spiro atoms. The normalized spacial score (nSPS) is 16.9. The fraction of sp³-hybridized carbons (Fsp3) is 0.538. The molecule has 0 bridgehead atoms. The number of ether oxygens (including phenoxy) is 1. The van der Waals surface area contributed by atoms with Gasteiger partial charge in [0.1, 0.15) is 0 Å². The van der Waals surface area contributed by atoms with Gasteiger partial charge in [0.25, 0.3) is 0 Å². The number of halogens is 2. The van der Waals surface area contributed by atoms with Crippen molar-refractivity contribution in [2.75, 3.05) is 13.2 Å². The highest BCUT2D eigenvalue weighted by Crippen LogP contribution is 2.22. The molecule has 0 aliphatic heterocycles. The maximum Gasteiger partial charge on any atom is 0.166 e. The molecule has 1 aromatic rings. The topological polar surface area (TPSA) is 21.3 Å². The summed E-state index contributed by atoms with van der Waals surface area (Å²) in [7, 11) is 0. The lowest BCUT2D eigenvalue weighted by Gasteiger charge is -2.14. The highest BCUT2D eigenvalue weighted by atomic mass is 79.9. The zero-order chi connectivity index (χ0) is 12.3. The fourth-order valence-corrected chi connectivity index (χ4v) is 1.87. The largest absolute Gasteiger partial charge is 0.490 e. The predicted molar refractivity (Wildman–Crippen MR) is 69.8 cm³/mol. The molecular formula is C13H17BrFNO. The molecule has 17 heavy (non-hydrogen) atoms. The number of nitrogens with one attached hydrogen (secondary N) is 1. The van der Waals surface area contributed by atoms with Crippen molar-refractivity contribution in [3.05, 3.63) is 28.5 Å². The summed E-state index contributed by atoms with van der Waals surface area (Å²) in [5, 5.41) is 3.44. The molecule has 2 nitrogen and oxygen atoms in total. The van der Waals surface area contributed by atoms with Crippen molar-refractivity contribution in [3.63, 3.8) is 0 Å². The van der Waals surface area contributed by atoms with Crippen molar-refractivity contribution >= 4 is 15.9 Å². The van der Waals surface area contributed by atoms with Gasteiger partial charge in [0.15, 0.2) is 11.6 Å². The summed E-state index contributed by atoms with van der Waals surface area (Å²) in [6.07, 6.45) is 2.57. The van der Waals surface area contributed by atoms with Gasteiger partial charge in [-0.25, -0.2) is 4.39 Å². The molecule has 1 N–H and O–H groups in total. The lowest BCUT2D eigenvalue weighted by atomic mass is 10.2. The van der Waals surface area contributed by atoms with Crippen LogP contribution in [0.2, 0.25) is 0 Å². The van der Waals surface area contributed by atoms with Crippen molar-refractivity contribution in [1.82, 2.24) is 5.32 Å². The maximum absolute atomic E-state index is 13.5. The Kier molecular flexibility index (Phi) is 4.40. The third kappa shape index (κ3) is 4.28. The van der Waals surface area contributed by atoms with E-state index in [2.05, 4.69) is 28.2 Å². The number of hydrogen-bond donors (Lipinski definition) is 1. The molecule has 0 heterocycles. The molecule has 2 rings (SSSR count). The van der Waals surface area contributed by atoms with Crippen molar-refractivity contribution in [3.8, 4) is 5.75 Å². The van der Waals surface area contributed by atoms with E-state index in [4.69, 9.17) is 4.74 Å². The third-order valence-electron chi connectivity index (χ3n) is 2.75. The van der Waals surface area contributed by atoms with Crippen LogP contribution in [0.25, 0.3) is 0 Å². The Labute approximate surface area is 110 Å². The summed E-state index contributed by atoms with van der Waals surface area (Å²) in [4.78, 5) is 0. The quantitative estimate of drug-likeness (QED) is 0.870. The molecule has 1 fully saturated rings. The maximum atomic E-state index is 13.5. The second-order valence-corrected chi connectivity index (χ2v) is 5.59. The van der Waals surface area contributed by atoms with E-state index < -0.39 is 0 Å². The van der Waals surface area contributed by atoms with Crippen LogP contribution in [0.1, 0.15) is 19.8 Å². The van der Waals surface area contributed by atoms with Gasteiger partial charge in [-0.1, -0.05) is 22.9 Å². The van der Waals surface area contributed by atoms with Gasteiger partial charge < -0.3 is 10.1 Å². The Morgan fingerprint density at radius 1 is 1.53 bits per heavy atom. The SMILES string of the molecule is CC(CNC1CC1)COc1ccc(Br)cc1F. The average Bonchev–Trinajstić information content (AvgIpc) is 3.09. The third-order valence-corrected chi connectivity index (χ3v) is 3.24. The Hall–Kier alpha value is -0.610. The first kappa shape index (κ1) is 12.8. The van der Waals surface area contributed by atoms with Crippen molar-refractivity contribution < 1.29 is 9.13 Å². The smallest absolute Gasteiger partial charge is 0.166 e. The van der Waals surface area contributed by atoms with Gasteiger partial charge in [0.2, 0.25) is 0 Å². The summed E-state index contributed by atoms with van der Waals surface area (Å²) < 4.78 is 19.7. The van der Waals surface area contributed by atoms with Crippen LogP contribution < -0.4 is 10.1 Å². The second-order valence-electron chi connectivity index (χ2n) is 4.67.